The molecule has 146 valence electrons. The summed E-state index contributed by atoms with van der Waals surface area (Å²) in [6.07, 6.45) is 9.23. The van der Waals surface area contributed by atoms with Gasteiger partial charge in [0.2, 0.25) is 0 Å². The number of nitrogens with zero attached hydrogens (tertiary/aromatic N) is 1. The van der Waals surface area contributed by atoms with E-state index in [-0.39, 0.29) is 25.0 Å². The summed E-state index contributed by atoms with van der Waals surface area (Å²) in [4.78, 5) is 35.8. The van der Waals surface area contributed by atoms with E-state index in [4.69, 9.17) is 9.84 Å². The lowest BCUT2D eigenvalue weighted by molar-refractivity contribution is -0.141. The largest absolute Gasteiger partial charge is 0.480 e. The van der Waals surface area contributed by atoms with Gasteiger partial charge in [-0.05, 0) is 31.6 Å². The third-order valence-electron chi connectivity index (χ3n) is 5.00. The molecule has 8 heteroatoms. The number of carboxylic acids is 1. The first-order valence-corrected chi connectivity index (χ1v) is 9.23. The van der Waals surface area contributed by atoms with Crippen LogP contribution in [0.4, 0.5) is 4.79 Å². The maximum Gasteiger partial charge on any atom is 0.329 e. The van der Waals surface area contributed by atoms with Crippen molar-refractivity contribution in [3.05, 3.63) is 12.2 Å². The average molecular weight is 368 g/mol. The van der Waals surface area contributed by atoms with Crippen LogP contribution in [0.3, 0.4) is 0 Å². The molecule has 3 N–H and O–H groups in total. The predicted octanol–water partition coefficient (Wildman–Crippen LogP) is 1.29. The van der Waals surface area contributed by atoms with Gasteiger partial charge in [0.05, 0.1) is 12.7 Å². The van der Waals surface area contributed by atoms with Crippen LogP contribution >= 0.6 is 0 Å². The number of urea groups is 1. The van der Waals surface area contributed by atoms with Crippen molar-refractivity contribution in [2.75, 3.05) is 19.8 Å². The SMILES string of the molecule is O=C(O)COC/C=C\C[C@H]1C(=O)NC(=O)N1CC[C@@H](O)C1CCCCC1. The Morgan fingerprint density at radius 3 is 2.69 bits per heavy atom. The maximum atomic E-state index is 12.0. The van der Waals surface area contributed by atoms with Gasteiger partial charge in [-0.25, -0.2) is 9.59 Å². The Labute approximate surface area is 153 Å². The summed E-state index contributed by atoms with van der Waals surface area (Å²) < 4.78 is 4.88. The summed E-state index contributed by atoms with van der Waals surface area (Å²) in [5, 5.41) is 21.2. The van der Waals surface area contributed by atoms with Crippen molar-refractivity contribution in [2.24, 2.45) is 5.92 Å². The molecule has 0 aromatic carbocycles. The second kappa shape index (κ2) is 10.3. The van der Waals surface area contributed by atoms with E-state index < -0.39 is 24.1 Å². The van der Waals surface area contributed by atoms with Gasteiger partial charge >= 0.3 is 12.0 Å². The molecule has 1 aliphatic carbocycles. The van der Waals surface area contributed by atoms with Gasteiger partial charge in [-0.1, -0.05) is 31.4 Å². The van der Waals surface area contributed by atoms with Gasteiger partial charge in [0, 0.05) is 6.54 Å². The number of carbonyl (C=O) groups is 3. The Balaban J connectivity index is 1.78. The third-order valence-corrected chi connectivity index (χ3v) is 5.00. The van der Waals surface area contributed by atoms with Gasteiger partial charge in [-0.15, -0.1) is 0 Å². The van der Waals surface area contributed by atoms with E-state index in [0.29, 0.717) is 19.4 Å². The summed E-state index contributed by atoms with van der Waals surface area (Å²) in [7, 11) is 0. The summed E-state index contributed by atoms with van der Waals surface area (Å²) in [5.41, 5.74) is 0. The minimum atomic E-state index is -1.04. The summed E-state index contributed by atoms with van der Waals surface area (Å²) in [6.45, 7) is 0.0934. The Morgan fingerprint density at radius 2 is 2.00 bits per heavy atom. The number of aliphatic hydroxyl groups excluding tert-OH is 1. The normalized spacial score (nSPS) is 22.8. The van der Waals surface area contributed by atoms with Gasteiger partial charge in [0.15, 0.2) is 0 Å². The number of carbonyl (C=O) groups excluding carboxylic acids is 2. The molecule has 2 fully saturated rings. The Morgan fingerprint density at radius 1 is 1.27 bits per heavy atom. The van der Waals surface area contributed by atoms with Crippen LogP contribution in [-0.4, -0.2) is 64.9 Å². The number of rotatable bonds is 10. The summed E-state index contributed by atoms with van der Waals surface area (Å²) >= 11 is 0. The van der Waals surface area contributed by atoms with Crippen LogP contribution in [0.15, 0.2) is 12.2 Å². The smallest absolute Gasteiger partial charge is 0.329 e. The summed E-state index contributed by atoms with van der Waals surface area (Å²) in [5.74, 6) is -1.10. The second-order valence-corrected chi connectivity index (χ2v) is 6.87. The lowest BCUT2D eigenvalue weighted by atomic mass is 9.84. The van der Waals surface area contributed by atoms with E-state index >= 15 is 0 Å². The Bertz CT molecular complexity index is 530. The zero-order valence-electron chi connectivity index (χ0n) is 14.9. The monoisotopic (exact) mass is 368 g/mol. The maximum absolute atomic E-state index is 12.0. The molecule has 1 heterocycles. The van der Waals surface area contributed by atoms with Gasteiger partial charge in [0.1, 0.15) is 12.6 Å². The van der Waals surface area contributed by atoms with E-state index in [1.54, 1.807) is 12.2 Å². The molecule has 0 aromatic rings. The zero-order valence-corrected chi connectivity index (χ0v) is 14.9. The highest BCUT2D eigenvalue weighted by atomic mass is 16.5. The van der Waals surface area contributed by atoms with E-state index in [1.807, 2.05) is 0 Å². The van der Waals surface area contributed by atoms with Crippen LogP contribution in [0.1, 0.15) is 44.9 Å². The van der Waals surface area contributed by atoms with Gasteiger partial charge < -0.3 is 19.8 Å². The number of hydrogen-bond acceptors (Lipinski definition) is 5. The van der Waals surface area contributed by atoms with Gasteiger partial charge in [0.25, 0.3) is 5.91 Å². The van der Waals surface area contributed by atoms with Gasteiger partial charge in [-0.3, -0.25) is 10.1 Å². The van der Waals surface area contributed by atoms with Crippen molar-refractivity contribution in [1.29, 1.82) is 0 Å². The minimum Gasteiger partial charge on any atom is -0.480 e. The Kier molecular flexibility index (Phi) is 8.06. The van der Waals surface area contributed by atoms with Crippen molar-refractivity contribution in [2.45, 2.75) is 57.1 Å². The third kappa shape index (κ3) is 6.10. The number of hydrogen-bond donors (Lipinski definition) is 3. The van der Waals surface area contributed by atoms with Gasteiger partial charge in [-0.2, -0.15) is 0 Å². The molecule has 1 saturated heterocycles. The van der Waals surface area contributed by atoms with E-state index in [9.17, 15) is 19.5 Å². The first-order chi connectivity index (χ1) is 12.5. The van der Waals surface area contributed by atoms with Crippen molar-refractivity contribution in [3.63, 3.8) is 0 Å². The molecule has 0 radical (unpaired) electrons. The fourth-order valence-corrected chi connectivity index (χ4v) is 3.57. The molecule has 8 nitrogen and oxygen atoms in total. The highest BCUT2D eigenvalue weighted by Crippen LogP contribution is 2.28. The predicted molar refractivity (Wildman–Crippen MR) is 93.4 cm³/mol. The lowest BCUT2D eigenvalue weighted by Crippen LogP contribution is -2.38. The van der Waals surface area contributed by atoms with Crippen molar-refractivity contribution >= 4 is 17.9 Å². The molecule has 0 bridgehead atoms. The van der Waals surface area contributed by atoms with Crippen molar-refractivity contribution < 1.29 is 29.3 Å². The molecule has 1 saturated carbocycles. The average Bonchev–Trinajstić information content (AvgIpc) is 2.89. The van der Waals surface area contributed by atoms with Crippen LogP contribution in [0, 0.1) is 5.92 Å². The fraction of sp³-hybridized carbons (Fsp3) is 0.722. The molecule has 0 aromatic heterocycles. The number of aliphatic hydroxyl groups is 1. The standard InChI is InChI=1S/C18H28N2O6/c21-15(13-6-2-1-3-7-13)9-10-20-14(17(24)19-18(20)25)8-4-5-11-26-12-16(22)23/h4-5,13-15,21H,1-3,6-12H2,(H,22,23)(H,19,24,25)/b5-4-/t14-,15+/m0/s1. The molecule has 1 aliphatic heterocycles. The topological polar surface area (TPSA) is 116 Å². The number of amides is 3. The van der Waals surface area contributed by atoms with Crippen molar-refractivity contribution in [1.82, 2.24) is 10.2 Å². The molecule has 0 unspecified atom stereocenters. The number of aliphatic carboxylic acids is 1. The van der Waals surface area contributed by atoms with E-state index in [0.717, 1.165) is 25.7 Å². The molecule has 26 heavy (non-hydrogen) atoms. The summed E-state index contributed by atoms with van der Waals surface area (Å²) in [6, 6.07) is -1.02. The van der Waals surface area contributed by atoms with Crippen LogP contribution in [0.25, 0.3) is 0 Å². The molecule has 0 spiro atoms. The van der Waals surface area contributed by atoms with Crippen LogP contribution < -0.4 is 5.32 Å². The van der Waals surface area contributed by atoms with Crippen molar-refractivity contribution in [3.8, 4) is 0 Å². The van der Waals surface area contributed by atoms with Crippen LogP contribution in [-0.2, 0) is 14.3 Å². The molecule has 3 amide bonds. The quantitative estimate of drug-likeness (QED) is 0.304. The van der Waals surface area contributed by atoms with Crippen LogP contribution in [0.5, 0.6) is 0 Å². The van der Waals surface area contributed by atoms with E-state index in [1.165, 1.54) is 11.3 Å². The minimum absolute atomic E-state index is 0.134. The highest BCUT2D eigenvalue weighted by molar-refractivity contribution is 6.04. The molecular formula is C18H28N2O6. The highest BCUT2D eigenvalue weighted by Gasteiger charge is 2.37. The van der Waals surface area contributed by atoms with E-state index in [2.05, 4.69) is 5.32 Å². The number of ether oxygens (including phenoxy) is 1. The molecule has 2 rings (SSSR count). The lowest BCUT2D eigenvalue weighted by Gasteiger charge is -2.28. The Hall–Kier alpha value is -1.93. The number of imide groups is 1. The first kappa shape index (κ1) is 20.4. The second-order valence-electron chi connectivity index (χ2n) is 6.87. The first-order valence-electron chi connectivity index (χ1n) is 9.23. The molecule has 2 aliphatic rings. The van der Waals surface area contributed by atoms with Crippen LogP contribution in [0.2, 0.25) is 0 Å². The molecular weight excluding hydrogens is 340 g/mol. The number of carboxylic acid groups (broad SMARTS) is 1. The molecule has 2 atom stereocenters. The number of nitrogens with one attached hydrogen (secondary N) is 1. The zero-order chi connectivity index (χ0) is 18.9. The fourth-order valence-electron chi connectivity index (χ4n) is 3.57.